The van der Waals surface area contributed by atoms with Crippen molar-refractivity contribution in [2.75, 3.05) is 13.2 Å². The molecular formula is C12H22O3. The van der Waals surface area contributed by atoms with E-state index in [0.29, 0.717) is 13.0 Å². The molecule has 0 spiro atoms. The summed E-state index contributed by atoms with van der Waals surface area (Å²) in [5, 5.41) is 8.86. The van der Waals surface area contributed by atoms with Crippen LogP contribution in [0.4, 0.5) is 0 Å². The van der Waals surface area contributed by atoms with Crippen LogP contribution in [0.5, 0.6) is 0 Å². The summed E-state index contributed by atoms with van der Waals surface area (Å²) in [6.07, 6.45) is 5.29. The van der Waals surface area contributed by atoms with Crippen molar-refractivity contribution >= 4 is 5.97 Å². The number of aliphatic carboxylic acids is 1. The summed E-state index contributed by atoms with van der Waals surface area (Å²) in [5.74, 6) is -0.742. The standard InChI is InChI=1S/C12H22O3/c1-4-5-6-9-15-10-7-8-12(2,3)11(13)14/h4H,1,5-10H2,2-3H3,(H,13,14). The van der Waals surface area contributed by atoms with Crippen LogP contribution in [0, 0.1) is 5.41 Å². The van der Waals surface area contributed by atoms with Gasteiger partial charge in [0.1, 0.15) is 0 Å². The van der Waals surface area contributed by atoms with E-state index >= 15 is 0 Å². The molecule has 88 valence electrons. The summed E-state index contributed by atoms with van der Waals surface area (Å²) >= 11 is 0. The molecule has 0 heterocycles. The summed E-state index contributed by atoms with van der Waals surface area (Å²) in [6.45, 7) is 8.49. The molecule has 3 nitrogen and oxygen atoms in total. The molecule has 0 amide bonds. The molecular weight excluding hydrogens is 192 g/mol. The van der Waals surface area contributed by atoms with Gasteiger partial charge in [-0.2, -0.15) is 0 Å². The van der Waals surface area contributed by atoms with Crippen molar-refractivity contribution in [3.8, 4) is 0 Å². The minimum atomic E-state index is -0.742. The molecule has 0 saturated carbocycles. The van der Waals surface area contributed by atoms with Gasteiger partial charge in [0.25, 0.3) is 0 Å². The summed E-state index contributed by atoms with van der Waals surface area (Å²) in [5.41, 5.74) is -0.634. The van der Waals surface area contributed by atoms with Crippen molar-refractivity contribution in [3.05, 3.63) is 12.7 Å². The van der Waals surface area contributed by atoms with Crippen molar-refractivity contribution < 1.29 is 14.6 Å². The smallest absolute Gasteiger partial charge is 0.309 e. The molecule has 0 aliphatic rings. The zero-order chi connectivity index (χ0) is 11.7. The Bertz CT molecular complexity index is 197. The van der Waals surface area contributed by atoms with E-state index in [1.807, 2.05) is 6.08 Å². The first-order valence-corrected chi connectivity index (χ1v) is 5.43. The zero-order valence-corrected chi connectivity index (χ0v) is 9.79. The van der Waals surface area contributed by atoms with Crippen molar-refractivity contribution in [1.82, 2.24) is 0 Å². The highest BCUT2D eigenvalue weighted by molar-refractivity contribution is 5.73. The second-order valence-corrected chi connectivity index (χ2v) is 4.34. The molecule has 0 aliphatic heterocycles. The fraction of sp³-hybridized carbons (Fsp3) is 0.750. The Morgan fingerprint density at radius 1 is 1.40 bits per heavy atom. The Labute approximate surface area is 92.1 Å². The van der Waals surface area contributed by atoms with Crippen molar-refractivity contribution in [2.45, 2.75) is 39.5 Å². The van der Waals surface area contributed by atoms with E-state index in [2.05, 4.69) is 6.58 Å². The van der Waals surface area contributed by atoms with E-state index in [-0.39, 0.29) is 0 Å². The Balaban J connectivity index is 3.38. The van der Waals surface area contributed by atoms with Crippen molar-refractivity contribution in [2.24, 2.45) is 5.41 Å². The van der Waals surface area contributed by atoms with Crippen LogP contribution in [0.1, 0.15) is 39.5 Å². The molecule has 0 unspecified atom stereocenters. The zero-order valence-electron chi connectivity index (χ0n) is 9.79. The van der Waals surface area contributed by atoms with Gasteiger partial charge in [-0.15, -0.1) is 6.58 Å². The largest absolute Gasteiger partial charge is 0.481 e. The number of carboxylic acids is 1. The fourth-order valence-corrected chi connectivity index (χ4v) is 1.15. The predicted molar refractivity (Wildman–Crippen MR) is 60.9 cm³/mol. The summed E-state index contributed by atoms with van der Waals surface area (Å²) in [4.78, 5) is 10.8. The molecule has 3 heteroatoms. The molecule has 15 heavy (non-hydrogen) atoms. The van der Waals surface area contributed by atoms with Crippen LogP contribution in [-0.2, 0) is 9.53 Å². The Hall–Kier alpha value is -0.830. The van der Waals surface area contributed by atoms with Crippen molar-refractivity contribution in [1.29, 1.82) is 0 Å². The maximum Gasteiger partial charge on any atom is 0.309 e. The minimum Gasteiger partial charge on any atom is -0.481 e. The maximum atomic E-state index is 10.8. The van der Waals surface area contributed by atoms with E-state index in [0.717, 1.165) is 25.9 Å². The van der Waals surface area contributed by atoms with Gasteiger partial charge in [-0.05, 0) is 39.5 Å². The lowest BCUT2D eigenvalue weighted by molar-refractivity contribution is -0.147. The predicted octanol–water partition coefficient (Wildman–Crippen LogP) is 2.86. The number of carbonyl (C=O) groups is 1. The topological polar surface area (TPSA) is 46.5 Å². The number of allylic oxidation sites excluding steroid dienone is 1. The number of hydrogen-bond acceptors (Lipinski definition) is 2. The molecule has 0 aromatic rings. The van der Waals surface area contributed by atoms with E-state index in [9.17, 15) is 4.79 Å². The van der Waals surface area contributed by atoms with E-state index in [4.69, 9.17) is 9.84 Å². The van der Waals surface area contributed by atoms with Crippen molar-refractivity contribution in [3.63, 3.8) is 0 Å². The number of rotatable bonds is 9. The second-order valence-electron chi connectivity index (χ2n) is 4.34. The number of carboxylic acid groups (broad SMARTS) is 1. The highest BCUT2D eigenvalue weighted by Crippen LogP contribution is 2.22. The molecule has 0 radical (unpaired) electrons. The van der Waals surface area contributed by atoms with Crippen LogP contribution >= 0.6 is 0 Å². The molecule has 0 atom stereocenters. The Morgan fingerprint density at radius 3 is 2.53 bits per heavy atom. The van der Waals surface area contributed by atoms with Crippen LogP contribution in [0.2, 0.25) is 0 Å². The molecule has 0 bridgehead atoms. The molecule has 0 saturated heterocycles. The average molecular weight is 214 g/mol. The molecule has 0 fully saturated rings. The first-order valence-electron chi connectivity index (χ1n) is 5.43. The second kappa shape index (κ2) is 7.46. The summed E-state index contributed by atoms with van der Waals surface area (Å²) in [6, 6.07) is 0. The van der Waals surface area contributed by atoms with Gasteiger partial charge in [0.15, 0.2) is 0 Å². The van der Waals surface area contributed by atoms with Crippen LogP contribution in [0.25, 0.3) is 0 Å². The van der Waals surface area contributed by atoms with Gasteiger partial charge >= 0.3 is 5.97 Å². The normalized spacial score (nSPS) is 11.3. The lowest BCUT2D eigenvalue weighted by Crippen LogP contribution is -2.23. The third kappa shape index (κ3) is 7.14. The van der Waals surface area contributed by atoms with E-state index in [1.54, 1.807) is 13.8 Å². The van der Waals surface area contributed by atoms with Gasteiger partial charge in [-0.25, -0.2) is 0 Å². The monoisotopic (exact) mass is 214 g/mol. The minimum absolute atomic E-state index is 0.634. The SMILES string of the molecule is C=CCCCOCCCC(C)(C)C(=O)O. The van der Waals surface area contributed by atoms with Gasteiger partial charge in [0.2, 0.25) is 0 Å². The average Bonchev–Trinajstić information content (AvgIpc) is 2.16. The van der Waals surface area contributed by atoms with Crippen LogP contribution in [-0.4, -0.2) is 24.3 Å². The first-order chi connectivity index (χ1) is 7.00. The highest BCUT2D eigenvalue weighted by Gasteiger charge is 2.25. The van der Waals surface area contributed by atoms with Gasteiger partial charge < -0.3 is 9.84 Å². The lowest BCUT2D eigenvalue weighted by Gasteiger charge is -2.18. The number of ether oxygens (including phenoxy) is 1. The fourth-order valence-electron chi connectivity index (χ4n) is 1.15. The van der Waals surface area contributed by atoms with Crippen LogP contribution in [0.15, 0.2) is 12.7 Å². The van der Waals surface area contributed by atoms with Gasteiger partial charge in [-0.3, -0.25) is 4.79 Å². The Kier molecular flexibility index (Phi) is 7.05. The molecule has 0 aromatic carbocycles. The van der Waals surface area contributed by atoms with Gasteiger partial charge in [0.05, 0.1) is 5.41 Å². The molecule has 0 aromatic heterocycles. The summed E-state index contributed by atoms with van der Waals surface area (Å²) in [7, 11) is 0. The summed E-state index contributed by atoms with van der Waals surface area (Å²) < 4.78 is 5.37. The van der Waals surface area contributed by atoms with Crippen LogP contribution < -0.4 is 0 Å². The van der Waals surface area contributed by atoms with Gasteiger partial charge in [-0.1, -0.05) is 6.08 Å². The highest BCUT2D eigenvalue weighted by atomic mass is 16.5. The van der Waals surface area contributed by atoms with Gasteiger partial charge in [0, 0.05) is 13.2 Å². The van der Waals surface area contributed by atoms with Crippen LogP contribution in [0.3, 0.4) is 0 Å². The quantitative estimate of drug-likeness (QED) is 0.474. The Morgan fingerprint density at radius 2 is 2.00 bits per heavy atom. The first kappa shape index (κ1) is 14.2. The number of unbranched alkanes of at least 4 members (excludes halogenated alkanes) is 1. The molecule has 0 aliphatic carbocycles. The molecule has 1 N–H and O–H groups in total. The third-order valence-corrected chi connectivity index (χ3v) is 2.37. The van der Waals surface area contributed by atoms with E-state index < -0.39 is 11.4 Å². The number of hydrogen-bond donors (Lipinski definition) is 1. The lowest BCUT2D eigenvalue weighted by atomic mass is 9.88. The third-order valence-electron chi connectivity index (χ3n) is 2.37. The van der Waals surface area contributed by atoms with E-state index in [1.165, 1.54) is 0 Å². The molecule has 0 rings (SSSR count). The maximum absolute atomic E-state index is 10.8.